The molecule has 6 nitrogen and oxygen atoms in total. The molecule has 0 fully saturated rings. The summed E-state index contributed by atoms with van der Waals surface area (Å²) in [5, 5.41) is 11.7. The Kier molecular flexibility index (Phi) is 4.35. The predicted octanol–water partition coefficient (Wildman–Crippen LogP) is 4.42. The van der Waals surface area contributed by atoms with Crippen LogP contribution in [0.15, 0.2) is 45.7 Å². The van der Waals surface area contributed by atoms with Crippen molar-refractivity contribution in [1.29, 1.82) is 0 Å². The van der Waals surface area contributed by atoms with E-state index in [9.17, 15) is 4.79 Å². The lowest BCUT2D eigenvalue weighted by Crippen LogP contribution is -2.11. The molecule has 3 rings (SSSR count). The van der Waals surface area contributed by atoms with Gasteiger partial charge in [-0.25, -0.2) is 4.98 Å². The molecule has 0 radical (unpaired) electrons. The van der Waals surface area contributed by atoms with Gasteiger partial charge in [0.05, 0.1) is 5.51 Å². The normalized spacial score (nSPS) is 11.3. The number of nitrogens with zero attached hydrogens (tertiary/aromatic N) is 2. The van der Waals surface area contributed by atoms with E-state index in [4.69, 9.17) is 4.52 Å². The molecule has 0 saturated carbocycles. The molecular weight excluding hydrogens is 324 g/mol. The average molecular weight is 342 g/mol. The van der Waals surface area contributed by atoms with E-state index >= 15 is 0 Å². The summed E-state index contributed by atoms with van der Waals surface area (Å²) >= 11 is 1.39. The number of benzene rings is 1. The van der Waals surface area contributed by atoms with Gasteiger partial charge in [0.1, 0.15) is 11.5 Å². The summed E-state index contributed by atoms with van der Waals surface area (Å²) < 4.78 is 5.34. The van der Waals surface area contributed by atoms with Crippen molar-refractivity contribution in [1.82, 2.24) is 10.1 Å². The summed E-state index contributed by atoms with van der Waals surface area (Å²) in [5.74, 6) is 1.25. The molecule has 0 aliphatic carbocycles. The van der Waals surface area contributed by atoms with E-state index in [-0.39, 0.29) is 11.3 Å². The van der Waals surface area contributed by atoms with Gasteiger partial charge in [0.25, 0.3) is 5.91 Å². The van der Waals surface area contributed by atoms with Crippen molar-refractivity contribution in [2.75, 3.05) is 10.6 Å². The third-order valence-electron chi connectivity index (χ3n) is 3.33. The lowest BCUT2D eigenvalue weighted by Gasteiger charge is -2.12. The molecule has 7 heteroatoms. The number of thiazole rings is 1. The van der Waals surface area contributed by atoms with Crippen molar-refractivity contribution in [2.45, 2.75) is 26.2 Å². The van der Waals surface area contributed by atoms with Crippen molar-refractivity contribution in [3.63, 3.8) is 0 Å². The Morgan fingerprint density at radius 3 is 2.46 bits per heavy atom. The van der Waals surface area contributed by atoms with Gasteiger partial charge >= 0.3 is 0 Å². The van der Waals surface area contributed by atoms with E-state index in [1.807, 2.05) is 30.3 Å². The Hall–Kier alpha value is -2.67. The first-order chi connectivity index (χ1) is 11.4. The summed E-state index contributed by atoms with van der Waals surface area (Å²) in [6.07, 6.45) is 0. The zero-order valence-corrected chi connectivity index (χ0v) is 14.5. The Morgan fingerprint density at radius 2 is 1.88 bits per heavy atom. The minimum atomic E-state index is -0.219. The SMILES string of the molecule is CC(C)(C)c1cc(Nc2ccc(NC(=O)c3cscn3)cc2)no1. The van der Waals surface area contributed by atoms with Gasteiger partial charge in [-0.3, -0.25) is 4.79 Å². The summed E-state index contributed by atoms with van der Waals surface area (Å²) in [7, 11) is 0. The minimum absolute atomic E-state index is 0.0865. The van der Waals surface area contributed by atoms with Crippen LogP contribution in [0.25, 0.3) is 0 Å². The number of nitrogens with one attached hydrogen (secondary N) is 2. The van der Waals surface area contributed by atoms with E-state index in [0.717, 1.165) is 11.4 Å². The van der Waals surface area contributed by atoms with Crippen molar-refractivity contribution >= 4 is 34.4 Å². The van der Waals surface area contributed by atoms with Gasteiger partial charge in [0.15, 0.2) is 5.82 Å². The van der Waals surface area contributed by atoms with Crippen molar-refractivity contribution in [3.05, 3.63) is 52.7 Å². The van der Waals surface area contributed by atoms with Crippen LogP contribution < -0.4 is 10.6 Å². The fourth-order valence-electron chi connectivity index (χ4n) is 1.99. The molecule has 0 aliphatic rings. The van der Waals surface area contributed by atoms with Gasteiger partial charge in [-0.2, -0.15) is 0 Å². The zero-order valence-electron chi connectivity index (χ0n) is 13.7. The number of carbonyl (C=O) groups excluding carboxylic acids is 1. The van der Waals surface area contributed by atoms with E-state index in [2.05, 4.69) is 41.5 Å². The largest absolute Gasteiger partial charge is 0.359 e. The van der Waals surface area contributed by atoms with Crippen LogP contribution in [0.5, 0.6) is 0 Å². The highest BCUT2D eigenvalue weighted by Crippen LogP contribution is 2.26. The molecule has 2 heterocycles. The van der Waals surface area contributed by atoms with Crippen molar-refractivity contribution in [2.24, 2.45) is 0 Å². The molecule has 0 aliphatic heterocycles. The zero-order chi connectivity index (χ0) is 17.2. The Balaban J connectivity index is 1.64. The maximum absolute atomic E-state index is 11.9. The number of amides is 1. The number of carbonyl (C=O) groups is 1. The molecule has 2 N–H and O–H groups in total. The van der Waals surface area contributed by atoms with Gasteiger partial charge in [-0.1, -0.05) is 25.9 Å². The van der Waals surface area contributed by atoms with Crippen LogP contribution >= 0.6 is 11.3 Å². The number of rotatable bonds is 4. The lowest BCUT2D eigenvalue weighted by atomic mass is 9.93. The third-order valence-corrected chi connectivity index (χ3v) is 3.92. The molecule has 0 spiro atoms. The lowest BCUT2D eigenvalue weighted by molar-refractivity contribution is 0.102. The maximum atomic E-state index is 11.9. The van der Waals surface area contributed by atoms with Crippen LogP contribution in [0, 0.1) is 0 Å². The van der Waals surface area contributed by atoms with Crippen LogP contribution in [-0.2, 0) is 5.41 Å². The fraction of sp³-hybridized carbons (Fsp3) is 0.235. The second kappa shape index (κ2) is 6.45. The summed E-state index contributed by atoms with van der Waals surface area (Å²) in [6.45, 7) is 6.20. The molecule has 24 heavy (non-hydrogen) atoms. The van der Waals surface area contributed by atoms with E-state index in [1.54, 1.807) is 10.9 Å². The van der Waals surface area contributed by atoms with Crippen molar-refractivity contribution in [3.8, 4) is 0 Å². The Bertz CT molecular complexity index is 817. The van der Waals surface area contributed by atoms with Gasteiger partial charge in [-0.15, -0.1) is 11.3 Å². The second-order valence-corrected chi connectivity index (χ2v) is 7.08. The fourth-order valence-corrected chi connectivity index (χ4v) is 2.52. The predicted molar refractivity (Wildman–Crippen MR) is 95.0 cm³/mol. The van der Waals surface area contributed by atoms with Crippen LogP contribution in [0.4, 0.5) is 17.2 Å². The minimum Gasteiger partial charge on any atom is -0.359 e. The summed E-state index contributed by atoms with van der Waals surface area (Å²) in [5.41, 5.74) is 3.52. The molecule has 0 bridgehead atoms. The molecule has 0 unspecified atom stereocenters. The second-order valence-electron chi connectivity index (χ2n) is 6.36. The number of aromatic nitrogens is 2. The van der Waals surface area contributed by atoms with Gasteiger partial charge < -0.3 is 15.2 Å². The topological polar surface area (TPSA) is 80.0 Å². The van der Waals surface area contributed by atoms with E-state index in [1.165, 1.54) is 11.3 Å². The van der Waals surface area contributed by atoms with Gasteiger partial charge in [-0.05, 0) is 24.3 Å². The molecule has 3 aromatic rings. The molecule has 124 valence electrons. The first-order valence-electron chi connectivity index (χ1n) is 7.46. The summed E-state index contributed by atoms with van der Waals surface area (Å²) in [6, 6.07) is 9.25. The van der Waals surface area contributed by atoms with Crippen molar-refractivity contribution < 1.29 is 9.32 Å². The highest BCUT2D eigenvalue weighted by Gasteiger charge is 2.19. The Morgan fingerprint density at radius 1 is 1.17 bits per heavy atom. The van der Waals surface area contributed by atoms with Gasteiger partial charge in [0.2, 0.25) is 0 Å². The molecular formula is C17H18N4O2S. The maximum Gasteiger partial charge on any atom is 0.275 e. The average Bonchev–Trinajstić information content (AvgIpc) is 3.19. The standard InChI is InChI=1S/C17H18N4O2S/c1-17(2,3)14-8-15(21-23-14)19-11-4-6-12(7-5-11)20-16(22)13-9-24-10-18-13/h4-10H,1-3H3,(H,19,21)(H,20,22). The number of anilines is 3. The van der Waals surface area contributed by atoms with Gasteiger partial charge in [0, 0.05) is 28.2 Å². The van der Waals surface area contributed by atoms with Crippen LogP contribution in [0.3, 0.4) is 0 Å². The number of hydrogen-bond acceptors (Lipinski definition) is 6. The van der Waals surface area contributed by atoms with E-state index < -0.39 is 0 Å². The van der Waals surface area contributed by atoms with E-state index in [0.29, 0.717) is 17.2 Å². The first kappa shape index (κ1) is 16.2. The Labute approximate surface area is 143 Å². The highest BCUT2D eigenvalue weighted by atomic mass is 32.1. The monoisotopic (exact) mass is 342 g/mol. The van der Waals surface area contributed by atoms with Crippen LogP contribution in [0.2, 0.25) is 0 Å². The third kappa shape index (κ3) is 3.80. The smallest absolute Gasteiger partial charge is 0.275 e. The molecule has 1 amide bonds. The molecule has 1 aromatic carbocycles. The molecule has 2 aromatic heterocycles. The molecule has 0 atom stereocenters. The van der Waals surface area contributed by atoms with Crippen LogP contribution in [-0.4, -0.2) is 16.0 Å². The quantitative estimate of drug-likeness (QED) is 0.733. The number of hydrogen-bond donors (Lipinski definition) is 2. The highest BCUT2D eigenvalue weighted by molar-refractivity contribution is 7.07. The van der Waals surface area contributed by atoms with Crippen LogP contribution in [0.1, 0.15) is 37.0 Å². The first-order valence-corrected chi connectivity index (χ1v) is 8.40. The summed E-state index contributed by atoms with van der Waals surface area (Å²) in [4.78, 5) is 15.9. The molecule has 0 saturated heterocycles.